The molecule has 0 saturated carbocycles. The van der Waals surface area contributed by atoms with Crippen LogP contribution < -0.4 is 14.8 Å². The number of rotatable bonds is 4. The standard InChI is InChI=1S/C15H14BrNO3/c16-12-6-10(7-14-15(12)20-9-19-14)13(8-18)17-11-4-2-1-3-5-11/h1-7,13,17-18H,8-9H2. The molecule has 1 heterocycles. The molecule has 1 unspecified atom stereocenters. The molecule has 0 bridgehead atoms. The van der Waals surface area contributed by atoms with E-state index in [1.54, 1.807) is 0 Å². The van der Waals surface area contributed by atoms with E-state index < -0.39 is 0 Å². The molecular formula is C15H14BrNO3. The fourth-order valence-electron chi connectivity index (χ4n) is 2.16. The van der Waals surface area contributed by atoms with Crippen LogP contribution in [0.2, 0.25) is 0 Å². The Kier molecular flexibility index (Phi) is 3.80. The second-order valence-corrected chi connectivity index (χ2v) is 5.34. The molecule has 20 heavy (non-hydrogen) atoms. The van der Waals surface area contributed by atoms with Gasteiger partial charge in [0, 0.05) is 5.69 Å². The zero-order valence-electron chi connectivity index (χ0n) is 10.7. The highest BCUT2D eigenvalue weighted by Crippen LogP contribution is 2.41. The number of hydrogen-bond acceptors (Lipinski definition) is 4. The first-order chi connectivity index (χ1) is 9.78. The van der Waals surface area contributed by atoms with Gasteiger partial charge in [-0.15, -0.1) is 0 Å². The van der Waals surface area contributed by atoms with Crippen LogP contribution in [-0.2, 0) is 0 Å². The van der Waals surface area contributed by atoms with E-state index in [0.29, 0.717) is 11.5 Å². The largest absolute Gasteiger partial charge is 0.454 e. The van der Waals surface area contributed by atoms with Crippen molar-refractivity contribution in [2.24, 2.45) is 0 Å². The van der Waals surface area contributed by atoms with E-state index in [2.05, 4.69) is 21.2 Å². The molecule has 1 aliphatic rings. The average Bonchev–Trinajstić information content (AvgIpc) is 2.95. The highest BCUT2D eigenvalue weighted by molar-refractivity contribution is 9.10. The first kappa shape index (κ1) is 13.3. The highest BCUT2D eigenvalue weighted by atomic mass is 79.9. The quantitative estimate of drug-likeness (QED) is 0.899. The third kappa shape index (κ3) is 2.59. The molecule has 0 radical (unpaired) electrons. The van der Waals surface area contributed by atoms with E-state index in [1.165, 1.54) is 0 Å². The molecule has 5 heteroatoms. The molecule has 0 aliphatic carbocycles. The number of aliphatic hydroxyl groups excluding tert-OH is 1. The minimum atomic E-state index is -0.205. The first-order valence-corrected chi connectivity index (χ1v) is 7.08. The molecule has 2 aromatic carbocycles. The van der Waals surface area contributed by atoms with Gasteiger partial charge in [0.2, 0.25) is 6.79 Å². The van der Waals surface area contributed by atoms with E-state index >= 15 is 0 Å². The third-order valence-electron chi connectivity index (χ3n) is 3.15. The van der Waals surface area contributed by atoms with Gasteiger partial charge in [-0.2, -0.15) is 0 Å². The molecule has 1 atom stereocenters. The second kappa shape index (κ2) is 5.73. The third-order valence-corrected chi connectivity index (χ3v) is 3.74. The van der Waals surface area contributed by atoms with Crippen molar-refractivity contribution in [3.05, 3.63) is 52.5 Å². The highest BCUT2D eigenvalue weighted by Gasteiger charge is 2.21. The van der Waals surface area contributed by atoms with Crippen LogP contribution in [0.4, 0.5) is 5.69 Å². The zero-order valence-corrected chi connectivity index (χ0v) is 12.3. The Hall–Kier alpha value is -1.72. The average molecular weight is 336 g/mol. The van der Waals surface area contributed by atoms with Crippen LogP contribution in [0.5, 0.6) is 11.5 Å². The summed E-state index contributed by atoms with van der Waals surface area (Å²) in [6.45, 7) is 0.217. The predicted octanol–water partition coefficient (Wildman–Crippen LogP) is 3.32. The van der Waals surface area contributed by atoms with Crippen LogP contribution in [0.3, 0.4) is 0 Å². The van der Waals surface area contributed by atoms with Gasteiger partial charge in [0.05, 0.1) is 17.1 Å². The summed E-state index contributed by atoms with van der Waals surface area (Å²) in [6.07, 6.45) is 0. The number of anilines is 1. The summed E-state index contributed by atoms with van der Waals surface area (Å²) in [5, 5.41) is 12.9. The molecule has 1 aliphatic heterocycles. The van der Waals surface area contributed by atoms with Gasteiger partial charge in [-0.05, 0) is 45.8 Å². The summed E-state index contributed by atoms with van der Waals surface area (Å²) in [5.74, 6) is 1.41. The lowest BCUT2D eigenvalue weighted by Gasteiger charge is -2.19. The van der Waals surface area contributed by atoms with Crippen molar-refractivity contribution < 1.29 is 14.6 Å². The molecule has 0 aromatic heterocycles. The lowest BCUT2D eigenvalue weighted by atomic mass is 10.1. The number of benzene rings is 2. The maximum atomic E-state index is 9.63. The molecule has 4 nitrogen and oxygen atoms in total. The Labute approximate surface area is 125 Å². The second-order valence-electron chi connectivity index (χ2n) is 4.48. The molecule has 3 rings (SSSR count). The van der Waals surface area contributed by atoms with E-state index in [9.17, 15) is 5.11 Å². The van der Waals surface area contributed by atoms with Gasteiger partial charge in [0.25, 0.3) is 0 Å². The molecule has 0 saturated heterocycles. The minimum absolute atomic E-state index is 0.0129. The van der Waals surface area contributed by atoms with Crippen molar-refractivity contribution in [1.82, 2.24) is 0 Å². The van der Waals surface area contributed by atoms with Crippen LogP contribution in [-0.4, -0.2) is 18.5 Å². The summed E-state index contributed by atoms with van der Waals surface area (Å²) >= 11 is 3.47. The Morgan fingerprint density at radius 3 is 2.75 bits per heavy atom. The summed E-state index contributed by atoms with van der Waals surface area (Å²) in [4.78, 5) is 0. The van der Waals surface area contributed by atoms with Crippen molar-refractivity contribution >= 4 is 21.6 Å². The van der Waals surface area contributed by atoms with Crippen molar-refractivity contribution in [3.63, 3.8) is 0 Å². The summed E-state index contributed by atoms with van der Waals surface area (Å²) in [6, 6.07) is 13.4. The molecular weight excluding hydrogens is 322 g/mol. The zero-order chi connectivity index (χ0) is 13.9. The van der Waals surface area contributed by atoms with Gasteiger partial charge in [-0.3, -0.25) is 0 Å². The minimum Gasteiger partial charge on any atom is -0.454 e. The molecule has 2 N–H and O–H groups in total. The van der Waals surface area contributed by atoms with Gasteiger partial charge in [-0.25, -0.2) is 0 Å². The number of para-hydroxylation sites is 1. The van der Waals surface area contributed by atoms with Gasteiger partial charge in [0.1, 0.15) is 0 Å². The van der Waals surface area contributed by atoms with Crippen LogP contribution in [0.1, 0.15) is 11.6 Å². The maximum absolute atomic E-state index is 9.63. The van der Waals surface area contributed by atoms with E-state index in [-0.39, 0.29) is 19.4 Å². The lowest BCUT2D eigenvalue weighted by Crippen LogP contribution is -2.14. The summed E-state index contributed by atoms with van der Waals surface area (Å²) in [5.41, 5.74) is 1.90. The van der Waals surface area contributed by atoms with Crippen molar-refractivity contribution in [3.8, 4) is 11.5 Å². The van der Waals surface area contributed by atoms with Crippen LogP contribution in [0, 0.1) is 0 Å². The van der Waals surface area contributed by atoms with Crippen molar-refractivity contribution in [2.45, 2.75) is 6.04 Å². The Bertz CT molecular complexity index is 604. The SMILES string of the molecule is OCC(Nc1ccccc1)c1cc(Br)c2c(c1)OCO2. The lowest BCUT2D eigenvalue weighted by molar-refractivity contribution is 0.173. The topological polar surface area (TPSA) is 50.7 Å². The summed E-state index contributed by atoms with van der Waals surface area (Å²) < 4.78 is 11.6. The molecule has 104 valence electrons. The molecule has 0 amide bonds. The van der Waals surface area contributed by atoms with E-state index in [0.717, 1.165) is 15.7 Å². The fourth-order valence-corrected chi connectivity index (χ4v) is 2.73. The Morgan fingerprint density at radius 2 is 2.00 bits per heavy atom. The number of fused-ring (bicyclic) bond motifs is 1. The van der Waals surface area contributed by atoms with Crippen LogP contribution >= 0.6 is 15.9 Å². The number of hydrogen-bond donors (Lipinski definition) is 2. The van der Waals surface area contributed by atoms with Crippen LogP contribution in [0.15, 0.2) is 46.9 Å². The van der Waals surface area contributed by atoms with Crippen molar-refractivity contribution in [1.29, 1.82) is 0 Å². The number of halogens is 1. The Morgan fingerprint density at radius 1 is 1.20 bits per heavy atom. The number of nitrogens with one attached hydrogen (secondary N) is 1. The normalized spacial score (nSPS) is 14.1. The van der Waals surface area contributed by atoms with Crippen molar-refractivity contribution in [2.75, 3.05) is 18.7 Å². The van der Waals surface area contributed by atoms with Gasteiger partial charge >= 0.3 is 0 Å². The predicted molar refractivity (Wildman–Crippen MR) is 80.2 cm³/mol. The number of aliphatic hydroxyl groups is 1. The fraction of sp³-hybridized carbons (Fsp3) is 0.200. The van der Waals surface area contributed by atoms with Gasteiger partial charge in [-0.1, -0.05) is 18.2 Å². The summed E-state index contributed by atoms with van der Waals surface area (Å²) in [7, 11) is 0. The number of ether oxygens (including phenoxy) is 2. The molecule has 0 fully saturated rings. The van der Waals surface area contributed by atoms with Gasteiger partial charge in [0.15, 0.2) is 11.5 Å². The van der Waals surface area contributed by atoms with Crippen LogP contribution in [0.25, 0.3) is 0 Å². The van der Waals surface area contributed by atoms with E-state index in [1.807, 2.05) is 42.5 Å². The smallest absolute Gasteiger partial charge is 0.231 e. The van der Waals surface area contributed by atoms with E-state index in [4.69, 9.17) is 9.47 Å². The monoisotopic (exact) mass is 335 g/mol. The molecule has 2 aromatic rings. The first-order valence-electron chi connectivity index (χ1n) is 6.29. The maximum Gasteiger partial charge on any atom is 0.231 e. The van der Waals surface area contributed by atoms with Gasteiger partial charge < -0.3 is 19.9 Å². The molecule has 0 spiro atoms. The Balaban J connectivity index is 1.88.